The first-order chi connectivity index (χ1) is 13.7. The van der Waals surface area contributed by atoms with Gasteiger partial charge in [0.2, 0.25) is 5.91 Å². The number of ether oxygens (including phenoxy) is 1. The number of carbonyl (C=O) groups is 1. The fraction of sp³-hybridized carbons (Fsp3) is 0.545. The number of likely N-dealkylation sites (tertiary alicyclic amines) is 2. The highest BCUT2D eigenvalue weighted by atomic mass is 16.5. The molecule has 28 heavy (non-hydrogen) atoms. The van der Waals surface area contributed by atoms with E-state index in [1.165, 1.54) is 0 Å². The van der Waals surface area contributed by atoms with Crippen LogP contribution in [0.2, 0.25) is 0 Å². The van der Waals surface area contributed by atoms with Crippen LogP contribution in [0.4, 0.5) is 5.69 Å². The summed E-state index contributed by atoms with van der Waals surface area (Å²) >= 11 is 0. The molecule has 4 rings (SSSR count). The molecule has 2 saturated heterocycles. The number of pyridine rings is 1. The molecule has 3 heterocycles. The zero-order valence-corrected chi connectivity index (χ0v) is 16.9. The smallest absolute Gasteiger partial charge is 0.236 e. The van der Waals surface area contributed by atoms with E-state index in [0.717, 1.165) is 67.7 Å². The van der Waals surface area contributed by atoms with Crippen LogP contribution in [0.5, 0.6) is 5.75 Å². The molecule has 1 amide bonds. The fourth-order valence-corrected chi connectivity index (χ4v) is 4.48. The van der Waals surface area contributed by atoms with Crippen LogP contribution in [0.15, 0.2) is 30.5 Å². The second kappa shape index (κ2) is 8.35. The Bertz CT molecular complexity index is 832. The minimum absolute atomic E-state index is 0.295. The Morgan fingerprint density at radius 3 is 2.75 bits per heavy atom. The lowest BCUT2D eigenvalue weighted by Gasteiger charge is -2.34. The van der Waals surface area contributed by atoms with Crippen molar-refractivity contribution in [2.24, 2.45) is 0 Å². The second-order valence-corrected chi connectivity index (χ2v) is 7.99. The van der Waals surface area contributed by atoms with Crippen LogP contribution in [-0.4, -0.2) is 66.1 Å². The van der Waals surface area contributed by atoms with Gasteiger partial charge >= 0.3 is 0 Å². The van der Waals surface area contributed by atoms with Crippen molar-refractivity contribution in [2.75, 3.05) is 38.6 Å². The Hall–Kier alpha value is -2.34. The van der Waals surface area contributed by atoms with Gasteiger partial charge in [-0.3, -0.25) is 14.7 Å². The molecule has 2 aliphatic heterocycles. The van der Waals surface area contributed by atoms with E-state index in [9.17, 15) is 4.79 Å². The lowest BCUT2D eigenvalue weighted by molar-refractivity contribution is -0.133. The van der Waals surface area contributed by atoms with Gasteiger partial charge in [-0.2, -0.15) is 0 Å². The number of nitrogens with zero attached hydrogens (tertiary/aromatic N) is 3. The average molecular weight is 383 g/mol. The summed E-state index contributed by atoms with van der Waals surface area (Å²) in [6.45, 7) is 5.56. The number of anilines is 1. The monoisotopic (exact) mass is 382 g/mol. The van der Waals surface area contributed by atoms with Crippen LogP contribution in [0.1, 0.15) is 32.6 Å². The number of methoxy groups -OCH3 is 1. The van der Waals surface area contributed by atoms with Gasteiger partial charge in [0.1, 0.15) is 11.3 Å². The molecule has 1 N–H and O–H groups in total. The average Bonchev–Trinajstić information content (AvgIpc) is 3.16. The Kier molecular flexibility index (Phi) is 5.67. The van der Waals surface area contributed by atoms with E-state index in [4.69, 9.17) is 4.74 Å². The lowest BCUT2D eigenvalue weighted by atomic mass is 10.0. The van der Waals surface area contributed by atoms with Crippen LogP contribution in [-0.2, 0) is 4.79 Å². The molecule has 6 heteroatoms. The molecule has 1 atom stereocenters. The van der Waals surface area contributed by atoms with Crippen molar-refractivity contribution in [1.82, 2.24) is 14.8 Å². The second-order valence-electron chi connectivity index (χ2n) is 7.99. The largest absolute Gasteiger partial charge is 0.494 e. The maximum Gasteiger partial charge on any atom is 0.236 e. The first-order valence-corrected chi connectivity index (χ1v) is 10.4. The van der Waals surface area contributed by atoms with E-state index in [0.29, 0.717) is 24.5 Å². The molecular weight excluding hydrogens is 352 g/mol. The van der Waals surface area contributed by atoms with Gasteiger partial charge in [0.15, 0.2) is 0 Å². The van der Waals surface area contributed by atoms with Gasteiger partial charge in [0.05, 0.1) is 13.7 Å². The molecule has 2 fully saturated rings. The molecule has 2 aliphatic rings. The summed E-state index contributed by atoms with van der Waals surface area (Å²) in [6.07, 6.45) is 6.16. The lowest BCUT2D eigenvalue weighted by Crippen LogP contribution is -2.46. The molecule has 1 aromatic heterocycles. The number of amides is 1. The first-order valence-electron chi connectivity index (χ1n) is 10.4. The van der Waals surface area contributed by atoms with E-state index in [-0.39, 0.29) is 0 Å². The van der Waals surface area contributed by atoms with E-state index in [1.807, 2.05) is 12.1 Å². The highest BCUT2D eigenvalue weighted by Crippen LogP contribution is 2.31. The molecule has 0 aliphatic carbocycles. The van der Waals surface area contributed by atoms with E-state index in [2.05, 4.69) is 39.2 Å². The minimum atomic E-state index is 0.295. The van der Waals surface area contributed by atoms with Crippen LogP contribution < -0.4 is 10.1 Å². The summed E-state index contributed by atoms with van der Waals surface area (Å²) in [4.78, 5) is 21.4. The van der Waals surface area contributed by atoms with Gasteiger partial charge < -0.3 is 15.0 Å². The van der Waals surface area contributed by atoms with Gasteiger partial charge in [-0.1, -0.05) is 0 Å². The maximum atomic E-state index is 12.6. The van der Waals surface area contributed by atoms with Crippen molar-refractivity contribution < 1.29 is 9.53 Å². The van der Waals surface area contributed by atoms with Crippen molar-refractivity contribution in [3.63, 3.8) is 0 Å². The summed E-state index contributed by atoms with van der Waals surface area (Å²) in [6, 6.07) is 8.91. The van der Waals surface area contributed by atoms with Crippen LogP contribution >= 0.6 is 0 Å². The molecule has 150 valence electrons. The SMILES string of the molecule is COc1ccc(NC2CCN(CC(=O)N3CCC[C@H]3C)CC2)c2cccnc12. The third-order valence-corrected chi connectivity index (χ3v) is 6.13. The summed E-state index contributed by atoms with van der Waals surface area (Å²) in [5.74, 6) is 1.09. The van der Waals surface area contributed by atoms with Crippen molar-refractivity contribution >= 4 is 22.5 Å². The highest BCUT2D eigenvalue weighted by molar-refractivity contribution is 5.95. The highest BCUT2D eigenvalue weighted by Gasteiger charge is 2.28. The summed E-state index contributed by atoms with van der Waals surface area (Å²) < 4.78 is 5.44. The fourth-order valence-electron chi connectivity index (χ4n) is 4.48. The van der Waals surface area contributed by atoms with Gasteiger partial charge in [0.25, 0.3) is 0 Å². The number of piperidine rings is 1. The van der Waals surface area contributed by atoms with Crippen LogP contribution in [0.3, 0.4) is 0 Å². The quantitative estimate of drug-likeness (QED) is 0.861. The Labute approximate surface area is 166 Å². The molecule has 1 aromatic carbocycles. The van der Waals surface area contributed by atoms with E-state index in [1.54, 1.807) is 13.3 Å². The molecule has 0 bridgehead atoms. The normalized spacial score (nSPS) is 21.2. The van der Waals surface area contributed by atoms with Gasteiger partial charge in [-0.05, 0) is 56.9 Å². The van der Waals surface area contributed by atoms with E-state index >= 15 is 0 Å². The molecule has 0 radical (unpaired) electrons. The predicted molar refractivity (Wildman–Crippen MR) is 112 cm³/mol. The molecule has 6 nitrogen and oxygen atoms in total. The standard InChI is InChI=1S/C22H30N4O2/c1-16-5-4-12-26(16)21(27)15-25-13-9-17(10-14-25)24-19-7-8-20(28-2)22-18(19)6-3-11-23-22/h3,6-8,11,16-17,24H,4-5,9-10,12-15H2,1-2H3/t16-/m1/s1. The molecular formula is C22H30N4O2. The third-order valence-electron chi connectivity index (χ3n) is 6.13. The maximum absolute atomic E-state index is 12.6. The van der Waals surface area contributed by atoms with Gasteiger partial charge in [-0.25, -0.2) is 0 Å². The number of carbonyl (C=O) groups excluding carboxylic acids is 1. The van der Waals surface area contributed by atoms with Crippen molar-refractivity contribution in [3.8, 4) is 5.75 Å². The van der Waals surface area contributed by atoms with Crippen molar-refractivity contribution in [2.45, 2.75) is 44.7 Å². The van der Waals surface area contributed by atoms with Gasteiger partial charge in [0, 0.05) is 49.0 Å². The molecule has 0 saturated carbocycles. The molecule has 2 aromatic rings. The van der Waals surface area contributed by atoms with E-state index < -0.39 is 0 Å². The topological polar surface area (TPSA) is 57.7 Å². The zero-order chi connectivity index (χ0) is 19.5. The number of fused-ring (bicyclic) bond motifs is 1. The predicted octanol–water partition coefficient (Wildman–Crippen LogP) is 3.13. The Balaban J connectivity index is 1.35. The minimum Gasteiger partial charge on any atom is -0.494 e. The number of hydrogen-bond acceptors (Lipinski definition) is 5. The number of aromatic nitrogens is 1. The summed E-state index contributed by atoms with van der Waals surface area (Å²) in [7, 11) is 1.68. The van der Waals surface area contributed by atoms with Gasteiger partial charge in [-0.15, -0.1) is 0 Å². The molecule has 0 spiro atoms. The third kappa shape index (κ3) is 3.92. The summed E-state index contributed by atoms with van der Waals surface area (Å²) in [5.41, 5.74) is 1.99. The zero-order valence-electron chi connectivity index (χ0n) is 16.9. The number of nitrogens with one attached hydrogen (secondary N) is 1. The van der Waals surface area contributed by atoms with Crippen LogP contribution in [0, 0.1) is 0 Å². The van der Waals surface area contributed by atoms with Crippen LogP contribution in [0.25, 0.3) is 10.9 Å². The number of hydrogen-bond donors (Lipinski definition) is 1. The first kappa shape index (κ1) is 19.0. The Morgan fingerprint density at radius 2 is 2.04 bits per heavy atom. The Morgan fingerprint density at radius 1 is 1.21 bits per heavy atom. The van der Waals surface area contributed by atoms with Crippen molar-refractivity contribution in [1.29, 1.82) is 0 Å². The number of rotatable bonds is 5. The summed E-state index contributed by atoms with van der Waals surface area (Å²) in [5, 5.41) is 4.78. The van der Waals surface area contributed by atoms with Crippen molar-refractivity contribution in [3.05, 3.63) is 30.5 Å². The number of benzene rings is 1. The molecule has 0 unspecified atom stereocenters.